The van der Waals surface area contributed by atoms with Gasteiger partial charge in [0.2, 0.25) is 5.91 Å². The second kappa shape index (κ2) is 15.2. The van der Waals surface area contributed by atoms with Crippen molar-refractivity contribution in [1.82, 2.24) is 14.5 Å². The lowest BCUT2D eigenvalue weighted by molar-refractivity contribution is -0.131. The SMILES string of the molecule is CCn1c(SCCCCC(=O)N(CCc2ccccc2)Cc2ccccc2)nc(-c2ccccc2)c1-c1ccccc1. The zero-order valence-corrected chi connectivity index (χ0v) is 25.2. The highest BCUT2D eigenvalue weighted by molar-refractivity contribution is 7.99. The van der Waals surface area contributed by atoms with Crippen molar-refractivity contribution in [3.05, 3.63) is 132 Å². The molecule has 0 fully saturated rings. The molecule has 0 saturated carbocycles. The quantitative estimate of drug-likeness (QED) is 0.0984. The first kappa shape index (κ1) is 29.4. The smallest absolute Gasteiger partial charge is 0.222 e. The zero-order chi connectivity index (χ0) is 29.0. The minimum atomic E-state index is 0.229. The molecule has 4 aromatic carbocycles. The van der Waals surface area contributed by atoms with Crippen molar-refractivity contribution >= 4 is 17.7 Å². The second-order valence-electron chi connectivity index (χ2n) is 10.4. The van der Waals surface area contributed by atoms with E-state index in [1.165, 1.54) is 16.7 Å². The van der Waals surface area contributed by atoms with Crippen LogP contribution >= 0.6 is 11.8 Å². The maximum Gasteiger partial charge on any atom is 0.222 e. The first-order valence-corrected chi connectivity index (χ1v) is 15.9. The number of unbranched alkanes of at least 4 members (excludes halogenated alkanes) is 1. The third-order valence-corrected chi connectivity index (χ3v) is 8.50. The Balaban J connectivity index is 1.21. The van der Waals surface area contributed by atoms with E-state index in [0.717, 1.165) is 60.2 Å². The van der Waals surface area contributed by atoms with Crippen molar-refractivity contribution in [2.24, 2.45) is 0 Å². The predicted octanol–water partition coefficient (Wildman–Crippen LogP) is 8.77. The van der Waals surface area contributed by atoms with Crippen LogP contribution in [0.25, 0.3) is 22.5 Å². The molecule has 1 heterocycles. The molecule has 0 aliphatic rings. The molecular formula is C37H39N3OS. The zero-order valence-electron chi connectivity index (χ0n) is 24.4. The Morgan fingerprint density at radius 3 is 1.93 bits per heavy atom. The average Bonchev–Trinajstić information content (AvgIpc) is 3.43. The van der Waals surface area contributed by atoms with E-state index in [9.17, 15) is 4.79 Å². The number of thioether (sulfide) groups is 1. The minimum absolute atomic E-state index is 0.229. The number of carbonyl (C=O) groups is 1. The van der Waals surface area contributed by atoms with E-state index in [4.69, 9.17) is 4.98 Å². The van der Waals surface area contributed by atoms with Crippen LogP contribution in [-0.4, -0.2) is 32.7 Å². The van der Waals surface area contributed by atoms with Gasteiger partial charge in [-0.3, -0.25) is 4.79 Å². The van der Waals surface area contributed by atoms with Gasteiger partial charge in [0, 0.05) is 42.9 Å². The van der Waals surface area contributed by atoms with E-state index < -0.39 is 0 Å². The van der Waals surface area contributed by atoms with Gasteiger partial charge in [0.05, 0.1) is 11.4 Å². The van der Waals surface area contributed by atoms with Gasteiger partial charge in [-0.15, -0.1) is 0 Å². The maximum atomic E-state index is 13.4. The summed E-state index contributed by atoms with van der Waals surface area (Å²) in [7, 11) is 0. The molecule has 0 bridgehead atoms. The fraction of sp³-hybridized carbons (Fsp3) is 0.243. The number of hydrogen-bond donors (Lipinski definition) is 0. The van der Waals surface area contributed by atoms with Crippen molar-refractivity contribution in [2.75, 3.05) is 12.3 Å². The summed E-state index contributed by atoms with van der Waals surface area (Å²) in [5, 5.41) is 1.04. The van der Waals surface area contributed by atoms with Crippen molar-refractivity contribution in [3.63, 3.8) is 0 Å². The van der Waals surface area contributed by atoms with Gasteiger partial charge in [0.15, 0.2) is 5.16 Å². The third kappa shape index (κ3) is 7.80. The molecule has 214 valence electrons. The summed E-state index contributed by atoms with van der Waals surface area (Å²) < 4.78 is 2.33. The lowest BCUT2D eigenvalue weighted by Crippen LogP contribution is -2.32. The molecule has 0 N–H and O–H groups in total. The van der Waals surface area contributed by atoms with E-state index in [2.05, 4.69) is 102 Å². The number of aromatic nitrogens is 2. The highest BCUT2D eigenvalue weighted by atomic mass is 32.2. The molecule has 42 heavy (non-hydrogen) atoms. The summed E-state index contributed by atoms with van der Waals surface area (Å²) in [6.45, 7) is 4.41. The second-order valence-corrected chi connectivity index (χ2v) is 11.5. The minimum Gasteiger partial charge on any atom is -0.338 e. The van der Waals surface area contributed by atoms with Crippen molar-refractivity contribution < 1.29 is 4.79 Å². The van der Waals surface area contributed by atoms with Gasteiger partial charge in [-0.1, -0.05) is 133 Å². The van der Waals surface area contributed by atoms with Crippen LogP contribution in [0.4, 0.5) is 0 Å². The van der Waals surface area contributed by atoms with Crippen LogP contribution in [0, 0.1) is 0 Å². The monoisotopic (exact) mass is 573 g/mol. The molecule has 5 rings (SSSR count). The first-order chi connectivity index (χ1) is 20.7. The molecule has 4 nitrogen and oxygen atoms in total. The molecule has 1 amide bonds. The van der Waals surface area contributed by atoms with Crippen LogP contribution in [0.3, 0.4) is 0 Å². The highest BCUT2D eigenvalue weighted by Gasteiger charge is 2.20. The number of carbonyl (C=O) groups excluding carboxylic acids is 1. The van der Waals surface area contributed by atoms with Crippen molar-refractivity contribution in [1.29, 1.82) is 0 Å². The van der Waals surface area contributed by atoms with Gasteiger partial charge in [0.25, 0.3) is 0 Å². The summed E-state index contributed by atoms with van der Waals surface area (Å²) in [4.78, 5) is 20.5. The largest absolute Gasteiger partial charge is 0.338 e. The Hall–Kier alpha value is -4.09. The fourth-order valence-electron chi connectivity index (χ4n) is 5.23. The predicted molar refractivity (Wildman–Crippen MR) is 175 cm³/mol. The van der Waals surface area contributed by atoms with E-state index in [-0.39, 0.29) is 5.91 Å². The molecule has 5 heteroatoms. The molecule has 0 spiro atoms. The molecule has 0 radical (unpaired) electrons. The Bertz CT molecular complexity index is 1520. The topological polar surface area (TPSA) is 38.1 Å². The van der Waals surface area contributed by atoms with E-state index in [0.29, 0.717) is 13.0 Å². The van der Waals surface area contributed by atoms with E-state index >= 15 is 0 Å². The lowest BCUT2D eigenvalue weighted by Gasteiger charge is -2.23. The number of imidazole rings is 1. The molecule has 0 aliphatic heterocycles. The Labute approximate surface area is 254 Å². The summed E-state index contributed by atoms with van der Waals surface area (Å²) in [5.41, 5.74) is 6.93. The Morgan fingerprint density at radius 1 is 0.738 bits per heavy atom. The van der Waals surface area contributed by atoms with Crippen LogP contribution in [-0.2, 0) is 24.3 Å². The summed E-state index contributed by atoms with van der Waals surface area (Å²) in [5.74, 6) is 1.16. The number of rotatable bonds is 14. The number of amides is 1. The first-order valence-electron chi connectivity index (χ1n) is 14.9. The highest BCUT2D eigenvalue weighted by Crippen LogP contribution is 2.36. The van der Waals surface area contributed by atoms with Crippen molar-refractivity contribution in [3.8, 4) is 22.5 Å². The summed E-state index contributed by atoms with van der Waals surface area (Å²) in [6, 6.07) is 41.7. The lowest BCUT2D eigenvalue weighted by atomic mass is 10.0. The van der Waals surface area contributed by atoms with Crippen LogP contribution in [0.2, 0.25) is 0 Å². The normalized spacial score (nSPS) is 11.0. The van der Waals surface area contributed by atoms with Gasteiger partial charge >= 0.3 is 0 Å². The Kier molecular flexibility index (Phi) is 10.7. The van der Waals surface area contributed by atoms with E-state index in [1.54, 1.807) is 11.8 Å². The van der Waals surface area contributed by atoms with Crippen LogP contribution in [0.1, 0.15) is 37.3 Å². The molecule has 5 aromatic rings. The molecule has 1 aromatic heterocycles. The van der Waals surface area contributed by atoms with Gasteiger partial charge < -0.3 is 9.47 Å². The fourth-order valence-corrected chi connectivity index (χ4v) is 6.29. The molecule has 0 unspecified atom stereocenters. The summed E-state index contributed by atoms with van der Waals surface area (Å²) >= 11 is 1.79. The van der Waals surface area contributed by atoms with E-state index in [1.807, 2.05) is 35.2 Å². The third-order valence-electron chi connectivity index (χ3n) is 7.44. The Morgan fingerprint density at radius 2 is 1.31 bits per heavy atom. The molecule has 0 atom stereocenters. The standard InChI is InChI=1S/C37H39N3OS/c1-2-40-36(33-23-13-6-14-24-33)35(32-21-11-5-12-22-32)38-37(40)42-28-16-15-25-34(41)39(29-31-19-9-4-10-20-31)27-26-30-17-7-3-8-18-30/h3-14,17-24H,2,15-16,25-29H2,1H3. The number of nitrogens with zero attached hydrogens (tertiary/aromatic N) is 3. The van der Waals surface area contributed by atoms with Gasteiger partial charge in [-0.05, 0) is 37.3 Å². The van der Waals surface area contributed by atoms with Crippen LogP contribution in [0.5, 0.6) is 0 Å². The van der Waals surface area contributed by atoms with Gasteiger partial charge in [0.1, 0.15) is 0 Å². The number of benzene rings is 4. The van der Waals surface area contributed by atoms with Gasteiger partial charge in [-0.25, -0.2) is 4.98 Å². The average molecular weight is 574 g/mol. The maximum absolute atomic E-state index is 13.4. The van der Waals surface area contributed by atoms with Crippen molar-refractivity contribution in [2.45, 2.75) is 50.9 Å². The summed E-state index contributed by atoms with van der Waals surface area (Å²) in [6.07, 6.45) is 3.26. The molecule has 0 aliphatic carbocycles. The molecule has 0 saturated heterocycles. The van der Waals surface area contributed by atoms with Gasteiger partial charge in [-0.2, -0.15) is 0 Å². The van der Waals surface area contributed by atoms with Crippen LogP contribution in [0.15, 0.2) is 126 Å². The van der Waals surface area contributed by atoms with Crippen LogP contribution < -0.4 is 0 Å². The molecular weight excluding hydrogens is 534 g/mol. The number of hydrogen-bond acceptors (Lipinski definition) is 3.